The fraction of sp³-hybridized carbons (Fsp3) is 0.947. The second kappa shape index (κ2) is 65.7. The number of aliphatic hydroxyl groups is 1. The first-order chi connectivity index (χ1) is 45.2. The van der Waals surface area contributed by atoms with E-state index in [2.05, 4.69) is 48.5 Å². The molecule has 0 aromatic heterocycles. The molecule has 0 fully saturated rings. The lowest BCUT2D eigenvalue weighted by molar-refractivity contribution is -0.161. The number of carbonyl (C=O) groups excluding carboxylic acids is 4. The van der Waals surface area contributed by atoms with Gasteiger partial charge in [0.05, 0.1) is 26.4 Å². The summed E-state index contributed by atoms with van der Waals surface area (Å²) in [6.45, 7) is 11.8. The first-order valence-corrected chi connectivity index (χ1v) is 41.8. The van der Waals surface area contributed by atoms with Gasteiger partial charge in [-0.2, -0.15) is 0 Å². The highest BCUT2D eigenvalue weighted by atomic mass is 31.2. The molecule has 558 valence electrons. The van der Waals surface area contributed by atoms with Crippen molar-refractivity contribution < 1.29 is 80.2 Å². The van der Waals surface area contributed by atoms with Gasteiger partial charge in [-0.05, 0) is 43.4 Å². The third-order valence-corrected chi connectivity index (χ3v) is 19.3. The second-order valence-electron chi connectivity index (χ2n) is 28.5. The lowest BCUT2D eigenvalue weighted by Gasteiger charge is -2.21. The van der Waals surface area contributed by atoms with Gasteiger partial charge in [-0.3, -0.25) is 37.3 Å². The smallest absolute Gasteiger partial charge is 0.462 e. The molecule has 0 aliphatic heterocycles. The summed E-state index contributed by atoms with van der Waals surface area (Å²) in [4.78, 5) is 72.7. The van der Waals surface area contributed by atoms with Crippen molar-refractivity contribution in [2.75, 3.05) is 39.6 Å². The molecule has 0 radical (unpaired) electrons. The lowest BCUT2D eigenvalue weighted by Crippen LogP contribution is -2.30. The van der Waals surface area contributed by atoms with Gasteiger partial charge in [0.1, 0.15) is 19.3 Å². The minimum atomic E-state index is -4.96. The Hall–Kier alpha value is -1.94. The van der Waals surface area contributed by atoms with Crippen LogP contribution in [0.25, 0.3) is 0 Å². The fourth-order valence-electron chi connectivity index (χ4n) is 11.4. The van der Waals surface area contributed by atoms with Crippen LogP contribution in [0.1, 0.15) is 382 Å². The van der Waals surface area contributed by atoms with Crippen molar-refractivity contribution in [1.82, 2.24) is 0 Å². The lowest BCUT2D eigenvalue weighted by atomic mass is 10.0. The molecule has 2 unspecified atom stereocenters. The van der Waals surface area contributed by atoms with E-state index in [9.17, 15) is 43.2 Å². The Morgan fingerprint density at radius 3 is 0.723 bits per heavy atom. The molecule has 19 heteroatoms. The first-order valence-electron chi connectivity index (χ1n) is 38.8. The largest absolute Gasteiger partial charge is 0.472 e. The number of phosphoric acid groups is 2. The second-order valence-corrected chi connectivity index (χ2v) is 31.4. The summed E-state index contributed by atoms with van der Waals surface area (Å²) in [7, 11) is -9.91. The molecule has 0 aliphatic carbocycles. The molecule has 0 spiro atoms. The maximum Gasteiger partial charge on any atom is 0.472 e. The Morgan fingerprint density at radius 1 is 0.287 bits per heavy atom. The van der Waals surface area contributed by atoms with Gasteiger partial charge in [-0.1, -0.05) is 331 Å². The quantitative estimate of drug-likeness (QED) is 0.0222. The number of ether oxygens (including phenoxy) is 4. The summed E-state index contributed by atoms with van der Waals surface area (Å²) < 4.78 is 68.4. The molecule has 0 saturated carbocycles. The van der Waals surface area contributed by atoms with Gasteiger partial charge in [0, 0.05) is 25.7 Å². The van der Waals surface area contributed by atoms with Crippen molar-refractivity contribution in [3.05, 3.63) is 0 Å². The summed E-state index contributed by atoms with van der Waals surface area (Å²) >= 11 is 0. The van der Waals surface area contributed by atoms with Crippen LogP contribution in [0.5, 0.6) is 0 Å². The number of phosphoric ester groups is 2. The molecule has 5 atom stereocenters. The normalized spacial score (nSPS) is 14.1. The van der Waals surface area contributed by atoms with E-state index < -0.39 is 97.5 Å². The Kier molecular flexibility index (Phi) is 64.3. The van der Waals surface area contributed by atoms with Crippen molar-refractivity contribution in [2.45, 2.75) is 401 Å². The predicted molar refractivity (Wildman–Crippen MR) is 381 cm³/mol. The molecule has 17 nitrogen and oxygen atoms in total. The van der Waals surface area contributed by atoms with E-state index in [4.69, 9.17) is 37.0 Å². The van der Waals surface area contributed by atoms with E-state index in [0.29, 0.717) is 31.6 Å². The molecule has 0 amide bonds. The number of carbonyl (C=O) groups is 4. The SMILES string of the molecule is CCCCCCCCCCCCCCCCCCCCCC(=O)O[C@H](COC(=O)CCCCCCCCCCCCC(C)C)COP(=O)(O)OC[C@@H](O)COP(=O)(O)OC[C@@H](COC(=O)CCCCCCCCC(C)C)OC(=O)CCCCCCCCCCCCC(C)C. The predicted octanol–water partition coefficient (Wildman–Crippen LogP) is 21.8. The van der Waals surface area contributed by atoms with Crippen LogP contribution < -0.4 is 0 Å². The molecule has 0 bridgehead atoms. The van der Waals surface area contributed by atoms with Gasteiger partial charge in [-0.25, -0.2) is 9.13 Å². The van der Waals surface area contributed by atoms with Crippen LogP contribution in [-0.2, 0) is 65.4 Å². The molecular weight excluding hydrogens is 1230 g/mol. The van der Waals surface area contributed by atoms with Crippen molar-refractivity contribution >= 4 is 39.5 Å². The van der Waals surface area contributed by atoms with E-state index in [0.717, 1.165) is 108 Å². The average Bonchev–Trinajstić information content (AvgIpc) is 1.53. The van der Waals surface area contributed by atoms with Gasteiger partial charge in [-0.15, -0.1) is 0 Å². The van der Waals surface area contributed by atoms with Gasteiger partial charge in [0.25, 0.3) is 0 Å². The number of unbranched alkanes of at least 4 members (excludes halogenated alkanes) is 41. The minimum absolute atomic E-state index is 0.105. The summed E-state index contributed by atoms with van der Waals surface area (Å²) in [6, 6.07) is 0. The summed E-state index contributed by atoms with van der Waals surface area (Å²) in [5.41, 5.74) is 0. The molecule has 94 heavy (non-hydrogen) atoms. The Bertz CT molecular complexity index is 1840. The number of rotatable bonds is 73. The van der Waals surface area contributed by atoms with E-state index in [1.165, 1.54) is 186 Å². The van der Waals surface area contributed by atoms with Crippen LogP contribution in [0.2, 0.25) is 0 Å². The number of aliphatic hydroxyl groups excluding tert-OH is 1. The molecule has 0 aromatic rings. The van der Waals surface area contributed by atoms with Crippen molar-refractivity contribution in [2.24, 2.45) is 17.8 Å². The van der Waals surface area contributed by atoms with Gasteiger partial charge in [0.2, 0.25) is 0 Å². The van der Waals surface area contributed by atoms with Gasteiger partial charge in [0.15, 0.2) is 12.2 Å². The Labute approximate surface area is 575 Å². The first kappa shape index (κ1) is 92.1. The van der Waals surface area contributed by atoms with Crippen LogP contribution in [-0.4, -0.2) is 96.7 Å². The highest BCUT2D eigenvalue weighted by molar-refractivity contribution is 7.47. The third kappa shape index (κ3) is 68.6. The topological polar surface area (TPSA) is 237 Å². The molecule has 0 heterocycles. The average molecular weight is 1380 g/mol. The highest BCUT2D eigenvalue weighted by Gasteiger charge is 2.30. The number of hydrogen-bond acceptors (Lipinski definition) is 15. The summed E-state index contributed by atoms with van der Waals surface area (Å²) in [5.74, 6) is 0.0679. The molecule has 0 rings (SSSR count). The maximum atomic E-state index is 13.1. The van der Waals surface area contributed by atoms with E-state index in [1.54, 1.807) is 0 Å². The summed E-state index contributed by atoms with van der Waals surface area (Å²) in [5, 5.41) is 10.6. The van der Waals surface area contributed by atoms with E-state index >= 15 is 0 Å². The van der Waals surface area contributed by atoms with Crippen molar-refractivity contribution in [3.8, 4) is 0 Å². The molecular formula is C75H146O17P2. The monoisotopic (exact) mass is 1380 g/mol. The Morgan fingerprint density at radius 2 is 0.489 bits per heavy atom. The van der Waals surface area contributed by atoms with Crippen LogP contribution >= 0.6 is 15.6 Å². The molecule has 0 aliphatic rings. The third-order valence-electron chi connectivity index (χ3n) is 17.4. The standard InChI is InChI=1S/C75H146O17P2/c1-8-9-10-11-12-13-14-15-16-17-18-19-20-21-22-30-35-44-51-58-74(79)91-70(62-85-72(77)56-49-42-34-29-25-23-27-32-39-46-53-66(2)3)64-89-93(81,82)87-60-69(76)61-88-94(83,84)90-65-71(63-86-73(78)57-50-43-38-37-41-48-55-68(6)7)92-75(80)59-52-45-36-31-26-24-28-33-40-47-54-67(4)5/h66-71,76H,8-65H2,1-7H3,(H,81,82)(H,83,84)/t69-,70-,71-/m1/s1. The van der Waals surface area contributed by atoms with Crippen LogP contribution in [0.4, 0.5) is 0 Å². The van der Waals surface area contributed by atoms with E-state index in [1.807, 2.05) is 0 Å². The van der Waals surface area contributed by atoms with E-state index in [-0.39, 0.29) is 25.7 Å². The van der Waals surface area contributed by atoms with Crippen LogP contribution in [0, 0.1) is 17.8 Å². The maximum absolute atomic E-state index is 13.1. The zero-order chi connectivity index (χ0) is 69.4. The number of esters is 4. The van der Waals surface area contributed by atoms with Crippen LogP contribution in [0.3, 0.4) is 0 Å². The zero-order valence-electron chi connectivity index (χ0n) is 61.4. The molecule has 0 aromatic carbocycles. The molecule has 0 saturated heterocycles. The van der Waals surface area contributed by atoms with Gasteiger partial charge < -0.3 is 33.8 Å². The highest BCUT2D eigenvalue weighted by Crippen LogP contribution is 2.45. The number of hydrogen-bond donors (Lipinski definition) is 3. The van der Waals surface area contributed by atoms with Gasteiger partial charge >= 0.3 is 39.5 Å². The Balaban J connectivity index is 5.22. The summed E-state index contributed by atoms with van der Waals surface area (Å²) in [6.07, 6.45) is 51.6. The van der Waals surface area contributed by atoms with Crippen LogP contribution in [0.15, 0.2) is 0 Å². The van der Waals surface area contributed by atoms with Crippen molar-refractivity contribution in [3.63, 3.8) is 0 Å². The minimum Gasteiger partial charge on any atom is -0.462 e. The van der Waals surface area contributed by atoms with Crippen molar-refractivity contribution in [1.29, 1.82) is 0 Å². The molecule has 3 N–H and O–H groups in total. The fourth-order valence-corrected chi connectivity index (χ4v) is 13.0. The zero-order valence-corrected chi connectivity index (χ0v) is 63.2.